The summed E-state index contributed by atoms with van der Waals surface area (Å²) < 4.78 is 16.6. The van der Waals surface area contributed by atoms with Crippen LogP contribution in [0.1, 0.15) is 48.9 Å². The monoisotopic (exact) mass is 519 g/mol. The van der Waals surface area contributed by atoms with Crippen molar-refractivity contribution in [2.45, 2.75) is 26.7 Å². The predicted molar refractivity (Wildman–Crippen MR) is 150 cm³/mol. The third-order valence-electron chi connectivity index (χ3n) is 5.75. The van der Waals surface area contributed by atoms with Crippen molar-refractivity contribution in [2.75, 3.05) is 5.75 Å². The number of rotatable bonds is 9. The van der Waals surface area contributed by atoms with E-state index in [4.69, 9.17) is 11.6 Å². The molecule has 7 heteroatoms. The van der Waals surface area contributed by atoms with Crippen LogP contribution < -0.4 is 4.72 Å². The Morgan fingerprint density at radius 2 is 1.86 bits per heavy atom. The molecule has 0 unspecified atom stereocenters. The van der Waals surface area contributed by atoms with Crippen molar-refractivity contribution in [3.05, 3.63) is 106 Å². The minimum Gasteiger partial charge on any atom is -0.297 e. The van der Waals surface area contributed by atoms with Crippen LogP contribution in [0.2, 0.25) is 5.02 Å². The van der Waals surface area contributed by atoms with Gasteiger partial charge in [0.2, 0.25) is 0 Å². The van der Waals surface area contributed by atoms with E-state index in [1.165, 1.54) is 30.2 Å². The van der Waals surface area contributed by atoms with E-state index in [9.17, 15) is 9.18 Å². The van der Waals surface area contributed by atoms with Crippen molar-refractivity contribution in [3.63, 3.8) is 0 Å². The molecule has 0 spiro atoms. The largest absolute Gasteiger partial charge is 0.297 e. The molecule has 0 saturated carbocycles. The van der Waals surface area contributed by atoms with Gasteiger partial charge in [-0.15, -0.1) is 0 Å². The summed E-state index contributed by atoms with van der Waals surface area (Å²) in [4.78, 5) is 12.0. The van der Waals surface area contributed by atoms with E-state index < -0.39 is 0 Å². The number of benzene rings is 3. The fraction of sp³-hybridized carbons (Fsp3) is 0.172. The molecule has 0 aliphatic rings. The van der Waals surface area contributed by atoms with E-state index in [2.05, 4.69) is 40.9 Å². The van der Waals surface area contributed by atoms with Gasteiger partial charge in [-0.05, 0) is 76.6 Å². The van der Waals surface area contributed by atoms with E-state index in [-0.39, 0.29) is 11.7 Å². The minimum atomic E-state index is -0.367. The van der Waals surface area contributed by atoms with Crippen LogP contribution in [0.5, 0.6) is 0 Å². The van der Waals surface area contributed by atoms with Gasteiger partial charge in [0.15, 0.2) is 0 Å². The Morgan fingerprint density at radius 1 is 1.08 bits per heavy atom. The molecule has 1 amide bonds. The molecule has 184 valence electrons. The SMILES string of the molecule is CCCSNC(=O)/C=C/c1ccc(/C(=C(/CC)c2ccc(F)cc2Cl)c2ccc3[nH]ncc3c2)cc1. The maximum Gasteiger partial charge on any atom is 0.253 e. The molecule has 1 aromatic heterocycles. The van der Waals surface area contributed by atoms with Crippen LogP contribution in [0.25, 0.3) is 28.1 Å². The Labute approximate surface area is 219 Å². The zero-order valence-electron chi connectivity index (χ0n) is 20.1. The quantitative estimate of drug-likeness (QED) is 0.102. The fourth-order valence-corrected chi connectivity index (χ4v) is 4.84. The second-order valence-electron chi connectivity index (χ2n) is 8.27. The van der Waals surface area contributed by atoms with Gasteiger partial charge < -0.3 is 0 Å². The van der Waals surface area contributed by atoms with Gasteiger partial charge in [-0.2, -0.15) is 5.10 Å². The molecular weight excluding hydrogens is 493 g/mol. The highest BCUT2D eigenvalue weighted by molar-refractivity contribution is 7.97. The van der Waals surface area contributed by atoms with Gasteiger partial charge in [0, 0.05) is 17.2 Å². The highest BCUT2D eigenvalue weighted by Gasteiger charge is 2.16. The molecule has 0 fully saturated rings. The lowest BCUT2D eigenvalue weighted by atomic mass is 9.87. The van der Waals surface area contributed by atoms with Gasteiger partial charge in [0.25, 0.3) is 5.91 Å². The molecule has 0 radical (unpaired) electrons. The highest BCUT2D eigenvalue weighted by atomic mass is 35.5. The summed E-state index contributed by atoms with van der Waals surface area (Å²) in [5, 5.41) is 8.51. The zero-order valence-corrected chi connectivity index (χ0v) is 21.7. The van der Waals surface area contributed by atoms with Crippen LogP contribution in [0.4, 0.5) is 4.39 Å². The molecule has 36 heavy (non-hydrogen) atoms. The number of hydrogen-bond acceptors (Lipinski definition) is 3. The first-order valence-electron chi connectivity index (χ1n) is 11.8. The van der Waals surface area contributed by atoms with Crippen molar-refractivity contribution < 1.29 is 9.18 Å². The van der Waals surface area contributed by atoms with Gasteiger partial charge >= 0.3 is 0 Å². The van der Waals surface area contributed by atoms with Crippen LogP contribution in [-0.2, 0) is 4.79 Å². The summed E-state index contributed by atoms with van der Waals surface area (Å²) in [6.07, 6.45) is 6.83. The number of halogens is 2. The minimum absolute atomic E-state index is 0.134. The first-order chi connectivity index (χ1) is 17.5. The van der Waals surface area contributed by atoms with E-state index in [0.29, 0.717) is 11.4 Å². The lowest BCUT2D eigenvalue weighted by molar-refractivity contribution is -0.114. The Bertz CT molecular complexity index is 1430. The smallest absolute Gasteiger partial charge is 0.253 e. The topological polar surface area (TPSA) is 57.8 Å². The number of hydrogen-bond donors (Lipinski definition) is 2. The average Bonchev–Trinajstić information content (AvgIpc) is 3.35. The number of amides is 1. The van der Waals surface area contributed by atoms with Gasteiger partial charge in [0.05, 0.1) is 16.7 Å². The van der Waals surface area contributed by atoms with Crippen LogP contribution in [0.15, 0.2) is 72.9 Å². The Balaban J connectivity index is 1.76. The normalized spacial score (nSPS) is 12.2. The number of nitrogens with one attached hydrogen (secondary N) is 2. The zero-order chi connectivity index (χ0) is 25.5. The van der Waals surface area contributed by atoms with Crippen LogP contribution in [-0.4, -0.2) is 21.9 Å². The Kier molecular flexibility index (Phi) is 8.62. The number of carbonyl (C=O) groups excluding carboxylic acids is 1. The predicted octanol–water partition coefficient (Wildman–Crippen LogP) is 7.91. The Hall–Kier alpha value is -3.35. The molecule has 4 aromatic rings. The molecule has 0 atom stereocenters. The number of nitrogens with zero attached hydrogens (tertiary/aromatic N) is 1. The molecule has 0 bridgehead atoms. The molecule has 0 aliphatic heterocycles. The molecule has 3 aromatic carbocycles. The van der Waals surface area contributed by atoms with E-state index in [1.54, 1.807) is 18.3 Å². The van der Waals surface area contributed by atoms with Crippen LogP contribution in [0, 0.1) is 5.82 Å². The maximum absolute atomic E-state index is 13.8. The molecule has 4 rings (SSSR count). The number of aromatic nitrogens is 2. The summed E-state index contributed by atoms with van der Waals surface area (Å²) in [7, 11) is 0. The second-order valence-corrected chi connectivity index (χ2v) is 9.58. The number of H-pyrrole nitrogens is 1. The molecule has 4 nitrogen and oxygen atoms in total. The van der Waals surface area contributed by atoms with Crippen molar-refractivity contribution in [2.24, 2.45) is 0 Å². The number of aromatic amines is 1. The van der Waals surface area contributed by atoms with Crippen LogP contribution in [0.3, 0.4) is 0 Å². The van der Waals surface area contributed by atoms with Crippen molar-refractivity contribution in [1.29, 1.82) is 0 Å². The summed E-state index contributed by atoms with van der Waals surface area (Å²) in [6.45, 7) is 4.14. The summed E-state index contributed by atoms with van der Waals surface area (Å²) in [6, 6.07) is 18.7. The lowest BCUT2D eigenvalue weighted by Gasteiger charge is -2.18. The molecular formula is C29H27ClFN3OS. The summed E-state index contributed by atoms with van der Waals surface area (Å²) in [5.41, 5.74) is 6.69. The van der Waals surface area contributed by atoms with Crippen molar-refractivity contribution in [3.8, 4) is 0 Å². The molecule has 0 aliphatic carbocycles. The number of allylic oxidation sites excluding steroid dienone is 1. The third kappa shape index (κ3) is 6.07. The third-order valence-corrected chi connectivity index (χ3v) is 7.02. The fourth-order valence-electron chi connectivity index (χ4n) is 4.04. The van der Waals surface area contributed by atoms with Gasteiger partial charge in [0.1, 0.15) is 5.82 Å². The highest BCUT2D eigenvalue weighted by Crippen LogP contribution is 2.38. The maximum atomic E-state index is 13.8. The molecule has 0 saturated heterocycles. The van der Waals surface area contributed by atoms with Gasteiger partial charge in [-0.3, -0.25) is 14.6 Å². The Morgan fingerprint density at radius 3 is 2.58 bits per heavy atom. The summed E-state index contributed by atoms with van der Waals surface area (Å²) in [5.74, 6) is 0.380. The molecule has 1 heterocycles. The van der Waals surface area contributed by atoms with E-state index in [0.717, 1.165) is 56.5 Å². The average molecular weight is 520 g/mol. The van der Waals surface area contributed by atoms with Crippen molar-refractivity contribution >= 4 is 57.6 Å². The van der Waals surface area contributed by atoms with Crippen molar-refractivity contribution in [1.82, 2.24) is 14.9 Å². The second kappa shape index (κ2) is 12.1. The van der Waals surface area contributed by atoms with Gasteiger partial charge in [-0.25, -0.2) is 4.39 Å². The van der Waals surface area contributed by atoms with Crippen LogP contribution >= 0.6 is 23.5 Å². The summed E-state index contributed by atoms with van der Waals surface area (Å²) >= 11 is 7.91. The first kappa shape index (κ1) is 25.7. The van der Waals surface area contributed by atoms with E-state index >= 15 is 0 Å². The first-order valence-corrected chi connectivity index (χ1v) is 13.2. The number of fused-ring (bicyclic) bond motifs is 1. The molecule has 2 N–H and O–H groups in total. The number of carbonyl (C=O) groups is 1. The lowest BCUT2D eigenvalue weighted by Crippen LogP contribution is -2.12. The van der Waals surface area contributed by atoms with E-state index in [1.807, 2.05) is 30.3 Å². The standard InChI is InChI=1S/C29H27ClFN3OS/c1-3-15-36-34-28(35)14-7-19-5-8-20(9-6-19)29(21-10-13-27-22(16-21)18-32-33-27)24(4-2)25-12-11-23(31)17-26(25)30/h5-14,16-18H,3-4,15H2,1-2H3,(H,32,33)(H,34,35)/b14-7+,29-24+. The van der Waals surface area contributed by atoms with Gasteiger partial charge in [-0.1, -0.05) is 73.8 Å².